The fraction of sp³-hybridized carbons (Fsp3) is 0.429. The lowest BCUT2D eigenvalue weighted by Crippen LogP contribution is -2.18. The molecule has 0 bridgehead atoms. The summed E-state index contributed by atoms with van der Waals surface area (Å²) in [6, 6.07) is 7.40. The van der Waals surface area contributed by atoms with E-state index in [-0.39, 0.29) is 0 Å². The summed E-state index contributed by atoms with van der Waals surface area (Å²) in [5.74, 6) is 0.681. The molecule has 114 valence electrons. The largest absolute Gasteiger partial charge is 0.490 e. The number of hydrogen-bond donors (Lipinski definition) is 1. The van der Waals surface area contributed by atoms with Gasteiger partial charge in [0.25, 0.3) is 0 Å². The Bertz CT molecular complexity index is 547. The maximum Gasteiger partial charge on any atom is 0.137 e. The van der Waals surface area contributed by atoms with Gasteiger partial charge in [0, 0.05) is 26.4 Å². The number of halogens is 1. The second-order valence-corrected chi connectivity index (χ2v) is 4.83. The van der Waals surface area contributed by atoms with Gasteiger partial charge in [-0.1, -0.05) is 28.9 Å². The van der Waals surface area contributed by atoms with Gasteiger partial charge in [0.1, 0.15) is 12.4 Å². The lowest BCUT2D eigenvalue weighted by Gasteiger charge is -2.07. The molecule has 0 aliphatic rings. The molecule has 0 amide bonds. The van der Waals surface area contributed by atoms with Crippen molar-refractivity contribution in [3.8, 4) is 5.75 Å². The molecule has 1 N–H and O–H groups in total. The quantitative estimate of drug-likeness (QED) is 0.715. The Morgan fingerprint density at radius 1 is 1.29 bits per heavy atom. The molecule has 7 heteroatoms. The zero-order valence-corrected chi connectivity index (χ0v) is 12.7. The van der Waals surface area contributed by atoms with Crippen LogP contribution in [0.15, 0.2) is 30.5 Å². The molecule has 2 rings (SSSR count). The van der Waals surface area contributed by atoms with Crippen LogP contribution in [0.1, 0.15) is 5.69 Å². The van der Waals surface area contributed by atoms with Crippen molar-refractivity contribution in [2.24, 2.45) is 0 Å². The highest BCUT2D eigenvalue weighted by molar-refractivity contribution is 6.32. The Labute approximate surface area is 129 Å². The summed E-state index contributed by atoms with van der Waals surface area (Å²) < 4.78 is 12.3. The summed E-state index contributed by atoms with van der Waals surface area (Å²) in [6.45, 7) is 3.26. The Hall–Kier alpha value is -1.63. The normalized spacial score (nSPS) is 10.8. The van der Waals surface area contributed by atoms with Gasteiger partial charge in [0.15, 0.2) is 0 Å². The van der Waals surface area contributed by atoms with Gasteiger partial charge in [-0.05, 0) is 12.1 Å². The van der Waals surface area contributed by atoms with E-state index in [1.165, 1.54) is 0 Å². The molecule has 0 aliphatic carbocycles. The number of nitrogens with zero attached hydrogens (tertiary/aromatic N) is 3. The molecule has 6 nitrogen and oxygen atoms in total. The Morgan fingerprint density at radius 3 is 2.95 bits per heavy atom. The lowest BCUT2D eigenvalue weighted by molar-refractivity contribution is 0.199. The number of ether oxygens (including phenoxy) is 2. The zero-order valence-electron chi connectivity index (χ0n) is 12.0. The second-order valence-electron chi connectivity index (χ2n) is 4.42. The minimum absolute atomic E-state index is 0.490. The second kappa shape index (κ2) is 8.61. The van der Waals surface area contributed by atoms with Crippen molar-refractivity contribution in [1.82, 2.24) is 20.3 Å². The van der Waals surface area contributed by atoms with Gasteiger partial charge in [0.05, 0.1) is 23.9 Å². The maximum absolute atomic E-state index is 6.01. The Kier molecular flexibility index (Phi) is 6.46. The maximum atomic E-state index is 6.01. The van der Waals surface area contributed by atoms with Crippen molar-refractivity contribution in [3.63, 3.8) is 0 Å². The molecule has 0 atom stereocenters. The van der Waals surface area contributed by atoms with Crippen LogP contribution in [-0.4, -0.2) is 41.9 Å². The topological polar surface area (TPSA) is 61.2 Å². The molecule has 1 heterocycles. The number of nitrogens with one attached hydrogen (secondary N) is 1. The molecule has 21 heavy (non-hydrogen) atoms. The first-order chi connectivity index (χ1) is 10.3. The number of para-hydroxylation sites is 1. The van der Waals surface area contributed by atoms with Crippen LogP contribution in [0.3, 0.4) is 0 Å². The highest BCUT2D eigenvalue weighted by Gasteiger charge is 2.02. The van der Waals surface area contributed by atoms with Crippen LogP contribution >= 0.6 is 11.6 Å². The van der Waals surface area contributed by atoms with E-state index in [9.17, 15) is 0 Å². The summed E-state index contributed by atoms with van der Waals surface area (Å²) in [7, 11) is 1.68. The third-order valence-electron chi connectivity index (χ3n) is 2.79. The molecule has 0 radical (unpaired) electrons. The van der Waals surface area contributed by atoms with Crippen LogP contribution in [0, 0.1) is 0 Å². The number of rotatable bonds is 9. The minimum atomic E-state index is 0.490. The van der Waals surface area contributed by atoms with Crippen LogP contribution in [-0.2, 0) is 17.8 Å². The smallest absolute Gasteiger partial charge is 0.137 e. The third kappa shape index (κ3) is 5.34. The van der Waals surface area contributed by atoms with Gasteiger partial charge < -0.3 is 14.8 Å². The number of hydrogen-bond acceptors (Lipinski definition) is 5. The first-order valence-corrected chi connectivity index (χ1v) is 7.13. The molecule has 0 spiro atoms. The van der Waals surface area contributed by atoms with Crippen LogP contribution < -0.4 is 10.1 Å². The van der Waals surface area contributed by atoms with Gasteiger partial charge in [-0.25, -0.2) is 4.68 Å². The summed E-state index contributed by atoms with van der Waals surface area (Å²) >= 11 is 6.01. The highest BCUT2D eigenvalue weighted by Crippen LogP contribution is 2.22. The van der Waals surface area contributed by atoms with E-state index in [2.05, 4.69) is 15.6 Å². The summed E-state index contributed by atoms with van der Waals surface area (Å²) in [4.78, 5) is 0. The number of benzene rings is 1. The molecular weight excluding hydrogens is 292 g/mol. The van der Waals surface area contributed by atoms with Gasteiger partial charge in [0.2, 0.25) is 0 Å². The van der Waals surface area contributed by atoms with E-state index in [1.807, 2.05) is 24.4 Å². The van der Waals surface area contributed by atoms with Crippen molar-refractivity contribution in [1.29, 1.82) is 0 Å². The zero-order chi connectivity index (χ0) is 14.9. The molecule has 1 aromatic heterocycles. The Morgan fingerprint density at radius 2 is 2.14 bits per heavy atom. The predicted molar refractivity (Wildman–Crippen MR) is 80.6 cm³/mol. The molecule has 1 aromatic carbocycles. The molecule has 0 saturated heterocycles. The molecule has 0 aliphatic heterocycles. The van der Waals surface area contributed by atoms with Crippen LogP contribution in [0.25, 0.3) is 0 Å². The van der Waals surface area contributed by atoms with Gasteiger partial charge in [-0.2, -0.15) is 0 Å². The SMILES string of the molecule is COCCNCc1cn(CCOc2ccccc2Cl)nn1. The predicted octanol–water partition coefficient (Wildman–Crippen LogP) is 1.75. The highest BCUT2D eigenvalue weighted by atomic mass is 35.5. The average molecular weight is 311 g/mol. The van der Waals surface area contributed by atoms with Crippen molar-refractivity contribution in [3.05, 3.63) is 41.2 Å². The van der Waals surface area contributed by atoms with E-state index in [4.69, 9.17) is 21.1 Å². The van der Waals surface area contributed by atoms with Gasteiger partial charge in [-0.15, -0.1) is 5.10 Å². The van der Waals surface area contributed by atoms with Crippen LogP contribution in [0.4, 0.5) is 0 Å². The Balaban J connectivity index is 1.71. The number of aromatic nitrogens is 3. The van der Waals surface area contributed by atoms with Crippen molar-refractivity contribution >= 4 is 11.6 Å². The standard InChI is InChI=1S/C14H19ClN4O2/c1-20-8-6-16-10-12-11-19(18-17-12)7-9-21-14-5-3-2-4-13(14)15/h2-5,11,16H,6-10H2,1H3. The molecule has 2 aromatic rings. The average Bonchev–Trinajstić information content (AvgIpc) is 2.94. The lowest BCUT2D eigenvalue weighted by atomic mass is 10.3. The van der Waals surface area contributed by atoms with E-state index in [0.717, 1.165) is 12.2 Å². The first kappa shape index (κ1) is 15.8. The van der Waals surface area contributed by atoms with Gasteiger partial charge in [-0.3, -0.25) is 0 Å². The minimum Gasteiger partial charge on any atom is -0.490 e. The van der Waals surface area contributed by atoms with Crippen molar-refractivity contribution in [2.45, 2.75) is 13.1 Å². The molecule has 0 fully saturated rings. The van der Waals surface area contributed by atoms with E-state index in [0.29, 0.717) is 37.1 Å². The number of methoxy groups -OCH3 is 1. The molecule has 0 saturated carbocycles. The van der Waals surface area contributed by atoms with Crippen molar-refractivity contribution in [2.75, 3.05) is 26.9 Å². The fourth-order valence-electron chi connectivity index (χ4n) is 1.73. The fourth-order valence-corrected chi connectivity index (χ4v) is 1.92. The van der Waals surface area contributed by atoms with Crippen molar-refractivity contribution < 1.29 is 9.47 Å². The summed E-state index contributed by atoms with van der Waals surface area (Å²) in [5, 5.41) is 12.0. The first-order valence-electron chi connectivity index (χ1n) is 6.75. The van der Waals surface area contributed by atoms with E-state index in [1.54, 1.807) is 17.9 Å². The summed E-state index contributed by atoms with van der Waals surface area (Å²) in [6.07, 6.45) is 1.90. The van der Waals surface area contributed by atoms with Crippen LogP contribution in [0.2, 0.25) is 5.02 Å². The molecular formula is C14H19ClN4O2. The van der Waals surface area contributed by atoms with E-state index < -0.39 is 0 Å². The summed E-state index contributed by atoms with van der Waals surface area (Å²) in [5.41, 5.74) is 0.892. The van der Waals surface area contributed by atoms with Crippen LogP contribution in [0.5, 0.6) is 5.75 Å². The molecule has 0 unspecified atom stereocenters. The monoisotopic (exact) mass is 310 g/mol. The van der Waals surface area contributed by atoms with Gasteiger partial charge >= 0.3 is 0 Å². The van der Waals surface area contributed by atoms with E-state index >= 15 is 0 Å². The third-order valence-corrected chi connectivity index (χ3v) is 3.10.